The topological polar surface area (TPSA) is 77.1 Å². The van der Waals surface area contributed by atoms with Crippen molar-refractivity contribution in [3.05, 3.63) is 64.0 Å². The monoisotopic (exact) mass is 395 g/mol. The molecular formula is C17H13F4N5O2. The van der Waals surface area contributed by atoms with E-state index in [2.05, 4.69) is 10.2 Å². The molecule has 11 heteroatoms. The Morgan fingerprint density at radius 3 is 2.32 bits per heavy atom. The average molecular weight is 395 g/mol. The standard InChI is InChI=1S/C17H13F4N5O2/c1-24(11-5-3-10(18)4-6-11)16-23-22-15(25(16)2)13-8-7-12(26(27)28)9-14(13)17(19,20)21/h3-9H,1-2H3. The number of aromatic nitrogens is 3. The van der Waals surface area contributed by atoms with Gasteiger partial charge in [0.2, 0.25) is 5.95 Å². The van der Waals surface area contributed by atoms with Gasteiger partial charge in [-0.3, -0.25) is 14.7 Å². The maximum absolute atomic E-state index is 13.5. The second-order valence-corrected chi connectivity index (χ2v) is 5.90. The van der Waals surface area contributed by atoms with Gasteiger partial charge in [-0.05, 0) is 30.3 Å². The summed E-state index contributed by atoms with van der Waals surface area (Å²) >= 11 is 0. The molecular weight excluding hydrogens is 382 g/mol. The van der Waals surface area contributed by atoms with Crippen LogP contribution in [0.2, 0.25) is 0 Å². The van der Waals surface area contributed by atoms with Crippen LogP contribution < -0.4 is 4.90 Å². The number of nitrogens with zero attached hydrogens (tertiary/aromatic N) is 5. The van der Waals surface area contributed by atoms with E-state index in [0.717, 1.165) is 12.1 Å². The number of anilines is 2. The molecule has 0 bridgehead atoms. The van der Waals surface area contributed by atoms with Crippen LogP contribution in [0.25, 0.3) is 11.4 Å². The molecule has 0 N–H and O–H groups in total. The molecule has 0 unspecified atom stereocenters. The van der Waals surface area contributed by atoms with E-state index in [-0.39, 0.29) is 17.3 Å². The van der Waals surface area contributed by atoms with Crippen LogP contribution in [-0.2, 0) is 13.2 Å². The van der Waals surface area contributed by atoms with Crippen molar-refractivity contribution >= 4 is 17.3 Å². The summed E-state index contributed by atoms with van der Waals surface area (Å²) in [6, 6.07) is 7.87. The second-order valence-electron chi connectivity index (χ2n) is 5.90. The Morgan fingerprint density at radius 2 is 1.75 bits per heavy atom. The van der Waals surface area contributed by atoms with Gasteiger partial charge in [0.25, 0.3) is 5.69 Å². The first kappa shape index (κ1) is 19.3. The number of alkyl halides is 3. The Bertz CT molecular complexity index is 1030. The maximum atomic E-state index is 13.5. The zero-order chi connectivity index (χ0) is 20.6. The lowest BCUT2D eigenvalue weighted by atomic mass is 10.1. The Labute approximate surface area is 156 Å². The van der Waals surface area contributed by atoms with Crippen LogP contribution in [0.4, 0.5) is 34.9 Å². The SMILES string of the molecule is CN(c1ccc(F)cc1)c1nnc(-c2ccc([N+](=O)[O-])cc2C(F)(F)F)n1C. The molecule has 1 aromatic heterocycles. The average Bonchev–Trinajstić information content (AvgIpc) is 3.01. The van der Waals surface area contributed by atoms with E-state index in [1.54, 1.807) is 7.05 Å². The third kappa shape index (κ3) is 3.50. The number of nitro groups is 1. The molecule has 0 spiro atoms. The third-order valence-electron chi connectivity index (χ3n) is 4.13. The molecule has 2 aromatic carbocycles. The number of halogens is 4. The van der Waals surface area contributed by atoms with Crippen molar-refractivity contribution in [1.82, 2.24) is 14.8 Å². The van der Waals surface area contributed by atoms with Gasteiger partial charge in [0.05, 0.1) is 10.5 Å². The number of non-ortho nitro benzene ring substituents is 1. The molecule has 7 nitrogen and oxygen atoms in total. The Balaban J connectivity index is 2.09. The number of nitro benzene ring substituents is 1. The molecule has 0 aliphatic rings. The molecule has 0 radical (unpaired) electrons. The summed E-state index contributed by atoms with van der Waals surface area (Å²) in [7, 11) is 3.06. The zero-order valence-corrected chi connectivity index (χ0v) is 14.6. The predicted octanol–water partition coefficient (Wildman–Crippen LogP) is 4.32. The molecule has 0 fully saturated rings. The molecule has 28 heavy (non-hydrogen) atoms. The summed E-state index contributed by atoms with van der Waals surface area (Å²) in [5.41, 5.74) is -1.66. The minimum absolute atomic E-state index is 0.119. The quantitative estimate of drug-likeness (QED) is 0.374. The summed E-state index contributed by atoms with van der Waals surface area (Å²) in [5, 5.41) is 18.6. The van der Waals surface area contributed by atoms with E-state index in [1.165, 1.54) is 40.8 Å². The van der Waals surface area contributed by atoms with Crippen molar-refractivity contribution in [3.63, 3.8) is 0 Å². The molecule has 0 saturated heterocycles. The molecule has 3 rings (SSSR count). The number of rotatable bonds is 4. The highest BCUT2D eigenvalue weighted by atomic mass is 19.4. The Hall–Kier alpha value is -3.50. The Kier molecular flexibility index (Phi) is 4.75. The van der Waals surface area contributed by atoms with Gasteiger partial charge in [0.1, 0.15) is 5.82 Å². The predicted molar refractivity (Wildman–Crippen MR) is 92.6 cm³/mol. The lowest BCUT2D eigenvalue weighted by Gasteiger charge is -2.18. The van der Waals surface area contributed by atoms with Gasteiger partial charge in [-0.25, -0.2) is 4.39 Å². The van der Waals surface area contributed by atoms with Crippen LogP contribution in [0.5, 0.6) is 0 Å². The largest absolute Gasteiger partial charge is 0.417 e. The highest BCUT2D eigenvalue weighted by Gasteiger charge is 2.36. The molecule has 1 heterocycles. The molecule has 0 aliphatic heterocycles. The molecule has 0 saturated carbocycles. The number of hydrogen-bond donors (Lipinski definition) is 0. The van der Waals surface area contributed by atoms with E-state index in [1.807, 2.05) is 0 Å². The Morgan fingerprint density at radius 1 is 1.11 bits per heavy atom. The van der Waals surface area contributed by atoms with Gasteiger partial charge in [-0.15, -0.1) is 10.2 Å². The van der Waals surface area contributed by atoms with Crippen molar-refractivity contribution in [2.75, 3.05) is 11.9 Å². The zero-order valence-electron chi connectivity index (χ0n) is 14.6. The summed E-state index contributed by atoms with van der Waals surface area (Å²) in [6.45, 7) is 0. The van der Waals surface area contributed by atoms with Gasteiger partial charge in [0.15, 0.2) is 5.82 Å². The van der Waals surface area contributed by atoms with Crippen LogP contribution in [0.3, 0.4) is 0 Å². The van der Waals surface area contributed by atoms with Crippen molar-refractivity contribution in [2.45, 2.75) is 6.18 Å². The third-order valence-corrected chi connectivity index (χ3v) is 4.13. The van der Waals surface area contributed by atoms with Gasteiger partial charge >= 0.3 is 6.18 Å². The summed E-state index contributed by atoms with van der Waals surface area (Å²) < 4.78 is 54.8. The summed E-state index contributed by atoms with van der Waals surface area (Å²) in [4.78, 5) is 11.5. The van der Waals surface area contributed by atoms with Crippen molar-refractivity contribution in [3.8, 4) is 11.4 Å². The lowest BCUT2D eigenvalue weighted by Crippen LogP contribution is -2.15. The van der Waals surface area contributed by atoms with Crippen LogP contribution in [0, 0.1) is 15.9 Å². The first-order valence-corrected chi connectivity index (χ1v) is 7.84. The molecule has 0 aliphatic carbocycles. The molecule has 0 atom stereocenters. The first-order valence-electron chi connectivity index (χ1n) is 7.84. The lowest BCUT2D eigenvalue weighted by molar-refractivity contribution is -0.385. The summed E-state index contributed by atoms with van der Waals surface area (Å²) in [6.07, 6.45) is -4.82. The van der Waals surface area contributed by atoms with E-state index < -0.39 is 28.2 Å². The van der Waals surface area contributed by atoms with E-state index >= 15 is 0 Å². The number of benzene rings is 2. The minimum atomic E-state index is -4.82. The van der Waals surface area contributed by atoms with Crippen molar-refractivity contribution < 1.29 is 22.5 Å². The van der Waals surface area contributed by atoms with Crippen LogP contribution in [-0.4, -0.2) is 26.7 Å². The fraction of sp³-hybridized carbons (Fsp3) is 0.176. The second kappa shape index (κ2) is 6.91. The van der Waals surface area contributed by atoms with E-state index in [9.17, 15) is 27.7 Å². The fourth-order valence-corrected chi connectivity index (χ4v) is 2.70. The highest BCUT2D eigenvalue weighted by Crippen LogP contribution is 2.39. The van der Waals surface area contributed by atoms with E-state index in [0.29, 0.717) is 11.8 Å². The molecule has 3 aromatic rings. The van der Waals surface area contributed by atoms with E-state index in [4.69, 9.17) is 0 Å². The maximum Gasteiger partial charge on any atom is 0.417 e. The summed E-state index contributed by atoms with van der Waals surface area (Å²) in [5.74, 6) is -0.351. The molecule has 0 amide bonds. The van der Waals surface area contributed by atoms with Gasteiger partial charge < -0.3 is 4.90 Å². The minimum Gasteiger partial charge on any atom is -0.314 e. The highest BCUT2D eigenvalue weighted by molar-refractivity contribution is 5.67. The van der Waals surface area contributed by atoms with Gasteiger partial charge in [-0.1, -0.05) is 0 Å². The van der Waals surface area contributed by atoms with Gasteiger partial charge in [0, 0.05) is 37.5 Å². The number of hydrogen-bond acceptors (Lipinski definition) is 5. The fourth-order valence-electron chi connectivity index (χ4n) is 2.70. The van der Waals surface area contributed by atoms with Crippen molar-refractivity contribution in [1.29, 1.82) is 0 Å². The van der Waals surface area contributed by atoms with Gasteiger partial charge in [-0.2, -0.15) is 13.2 Å². The van der Waals surface area contributed by atoms with Crippen LogP contribution >= 0.6 is 0 Å². The first-order chi connectivity index (χ1) is 13.1. The smallest absolute Gasteiger partial charge is 0.314 e. The van der Waals surface area contributed by atoms with Crippen LogP contribution in [0.15, 0.2) is 42.5 Å². The van der Waals surface area contributed by atoms with Crippen molar-refractivity contribution in [2.24, 2.45) is 7.05 Å². The van der Waals surface area contributed by atoms with Crippen LogP contribution in [0.1, 0.15) is 5.56 Å². The molecule has 146 valence electrons. The normalized spacial score (nSPS) is 11.5.